The second kappa shape index (κ2) is 8.35. The van der Waals surface area contributed by atoms with E-state index in [1.54, 1.807) is 12.1 Å². The van der Waals surface area contributed by atoms with Gasteiger partial charge in [0.05, 0.1) is 5.69 Å². The summed E-state index contributed by atoms with van der Waals surface area (Å²) < 4.78 is 39.9. The predicted molar refractivity (Wildman–Crippen MR) is 93.7 cm³/mol. The highest BCUT2D eigenvalue weighted by atomic mass is 19.2. The average molecular weight is 379 g/mol. The van der Waals surface area contributed by atoms with E-state index >= 15 is 0 Å². The van der Waals surface area contributed by atoms with Crippen LogP contribution in [0.5, 0.6) is 0 Å². The molecule has 0 fully saturated rings. The smallest absolute Gasteiger partial charge is 0.244 e. The molecule has 2 N–H and O–H groups in total. The second-order valence-electron chi connectivity index (χ2n) is 5.61. The van der Waals surface area contributed by atoms with Crippen LogP contribution in [0, 0.1) is 17.5 Å². The Hall–Kier alpha value is -3.36. The molecule has 0 bridgehead atoms. The largest absolute Gasteiger partial charge is 0.326 e. The quantitative estimate of drug-likeness (QED) is 0.784. The van der Waals surface area contributed by atoms with Gasteiger partial charge in [-0.15, -0.1) is 0 Å². The number of hydrogen-bond acceptors (Lipinski definition) is 3. The Morgan fingerprint density at radius 3 is 2.30 bits per heavy atom. The summed E-state index contributed by atoms with van der Waals surface area (Å²) in [5.74, 6) is -6.25. The molecule has 0 aliphatic heterocycles. The van der Waals surface area contributed by atoms with Crippen molar-refractivity contribution in [3.63, 3.8) is 0 Å². The zero-order valence-electron chi connectivity index (χ0n) is 14.5. The van der Waals surface area contributed by atoms with Crippen LogP contribution >= 0.6 is 0 Å². The highest BCUT2D eigenvalue weighted by Gasteiger charge is 2.19. The highest BCUT2D eigenvalue weighted by Crippen LogP contribution is 2.22. The molecule has 0 aliphatic rings. The van der Waals surface area contributed by atoms with Gasteiger partial charge in [-0.3, -0.25) is 14.4 Å². The molecule has 0 atom stereocenters. The Labute approximate surface area is 153 Å². The molecule has 2 aromatic rings. The third kappa shape index (κ3) is 5.06. The lowest BCUT2D eigenvalue weighted by atomic mass is 10.2. The van der Waals surface area contributed by atoms with E-state index in [1.807, 2.05) is 0 Å². The molecule has 3 amide bonds. The predicted octanol–water partition coefficient (Wildman–Crippen LogP) is 3.05. The maximum Gasteiger partial charge on any atom is 0.244 e. The van der Waals surface area contributed by atoms with E-state index in [9.17, 15) is 27.6 Å². The van der Waals surface area contributed by atoms with Gasteiger partial charge in [-0.1, -0.05) is 6.07 Å². The number of nitrogens with one attached hydrogen (secondary N) is 2. The third-order valence-electron chi connectivity index (χ3n) is 3.47. The maximum atomic E-state index is 13.7. The zero-order chi connectivity index (χ0) is 20.1. The fraction of sp³-hybridized carbons (Fsp3) is 0.167. The molecule has 0 spiro atoms. The highest BCUT2D eigenvalue weighted by molar-refractivity contribution is 6.02. The lowest BCUT2D eigenvalue weighted by Crippen LogP contribution is -2.36. The molecule has 0 aliphatic carbocycles. The van der Waals surface area contributed by atoms with Crippen molar-refractivity contribution in [2.24, 2.45) is 0 Å². The summed E-state index contributed by atoms with van der Waals surface area (Å²) in [6, 6.07) is 7.74. The number of hydrogen-bond donors (Lipinski definition) is 2. The first-order valence-electron chi connectivity index (χ1n) is 7.78. The third-order valence-corrected chi connectivity index (χ3v) is 3.47. The van der Waals surface area contributed by atoms with Crippen LogP contribution in [-0.2, 0) is 14.4 Å². The number of rotatable bonds is 5. The molecule has 0 aromatic heterocycles. The topological polar surface area (TPSA) is 78.5 Å². The van der Waals surface area contributed by atoms with Gasteiger partial charge in [0.2, 0.25) is 17.7 Å². The second-order valence-corrected chi connectivity index (χ2v) is 5.61. The summed E-state index contributed by atoms with van der Waals surface area (Å²) in [5, 5.41) is 4.64. The van der Waals surface area contributed by atoms with Gasteiger partial charge in [-0.05, 0) is 30.3 Å². The van der Waals surface area contributed by atoms with Crippen LogP contribution in [0.25, 0.3) is 0 Å². The molecule has 2 rings (SSSR count). The van der Waals surface area contributed by atoms with E-state index < -0.39 is 41.5 Å². The Bertz CT molecular complexity index is 903. The van der Waals surface area contributed by atoms with Crippen LogP contribution in [0.3, 0.4) is 0 Å². The fourth-order valence-electron chi connectivity index (χ4n) is 2.30. The van der Waals surface area contributed by atoms with Crippen molar-refractivity contribution in [1.82, 2.24) is 0 Å². The summed E-state index contributed by atoms with van der Waals surface area (Å²) in [4.78, 5) is 36.3. The summed E-state index contributed by atoms with van der Waals surface area (Å²) in [5.41, 5.74) is 0.183. The van der Waals surface area contributed by atoms with Gasteiger partial charge < -0.3 is 15.5 Å². The van der Waals surface area contributed by atoms with Crippen molar-refractivity contribution < 1.29 is 27.6 Å². The Morgan fingerprint density at radius 2 is 1.67 bits per heavy atom. The van der Waals surface area contributed by atoms with Crippen molar-refractivity contribution in [2.75, 3.05) is 22.1 Å². The van der Waals surface area contributed by atoms with Gasteiger partial charge in [-0.2, -0.15) is 0 Å². The number of anilines is 3. The first-order chi connectivity index (χ1) is 12.7. The molecule has 142 valence electrons. The Balaban J connectivity index is 2.19. The van der Waals surface area contributed by atoms with Gasteiger partial charge in [0.25, 0.3) is 0 Å². The van der Waals surface area contributed by atoms with Gasteiger partial charge in [0.15, 0.2) is 17.5 Å². The number of halogens is 3. The number of amides is 3. The van der Waals surface area contributed by atoms with Gasteiger partial charge in [0.1, 0.15) is 6.54 Å². The summed E-state index contributed by atoms with van der Waals surface area (Å²) in [6.45, 7) is 2.03. The maximum absolute atomic E-state index is 13.7. The van der Waals surface area contributed by atoms with Gasteiger partial charge in [0, 0.05) is 25.2 Å². The van der Waals surface area contributed by atoms with E-state index in [2.05, 4.69) is 10.6 Å². The lowest BCUT2D eigenvalue weighted by Gasteiger charge is -2.21. The number of carbonyl (C=O) groups is 3. The molecule has 0 heterocycles. The minimum Gasteiger partial charge on any atom is -0.326 e. The summed E-state index contributed by atoms with van der Waals surface area (Å²) in [7, 11) is 0. The first kappa shape index (κ1) is 20.0. The lowest BCUT2D eigenvalue weighted by molar-refractivity contribution is -0.120. The molecule has 0 saturated heterocycles. The van der Waals surface area contributed by atoms with Crippen LogP contribution in [0.4, 0.5) is 30.2 Å². The van der Waals surface area contributed by atoms with Gasteiger partial charge in [-0.25, -0.2) is 13.2 Å². The van der Waals surface area contributed by atoms with E-state index in [-0.39, 0.29) is 5.91 Å². The Morgan fingerprint density at radius 1 is 0.963 bits per heavy atom. The van der Waals surface area contributed by atoms with Crippen LogP contribution in [0.1, 0.15) is 13.8 Å². The summed E-state index contributed by atoms with van der Waals surface area (Å²) >= 11 is 0. The number of nitrogens with zero attached hydrogens (tertiary/aromatic N) is 1. The van der Waals surface area contributed by atoms with Gasteiger partial charge >= 0.3 is 0 Å². The van der Waals surface area contributed by atoms with Crippen LogP contribution in [0.2, 0.25) is 0 Å². The minimum absolute atomic E-state index is 0.312. The van der Waals surface area contributed by atoms with E-state index in [1.165, 1.54) is 26.0 Å². The van der Waals surface area contributed by atoms with Crippen molar-refractivity contribution in [1.29, 1.82) is 0 Å². The van der Waals surface area contributed by atoms with Crippen molar-refractivity contribution >= 4 is 34.8 Å². The first-order valence-corrected chi connectivity index (χ1v) is 7.78. The molecular formula is C18H16F3N3O3. The Kier molecular flexibility index (Phi) is 6.17. The average Bonchev–Trinajstić information content (AvgIpc) is 2.59. The fourth-order valence-corrected chi connectivity index (χ4v) is 2.30. The zero-order valence-corrected chi connectivity index (χ0v) is 14.5. The molecule has 27 heavy (non-hydrogen) atoms. The molecule has 2 aromatic carbocycles. The van der Waals surface area contributed by atoms with E-state index in [4.69, 9.17) is 0 Å². The molecule has 9 heteroatoms. The van der Waals surface area contributed by atoms with Crippen molar-refractivity contribution in [2.45, 2.75) is 13.8 Å². The normalized spacial score (nSPS) is 10.3. The molecular weight excluding hydrogens is 363 g/mol. The summed E-state index contributed by atoms with van der Waals surface area (Å²) in [6.07, 6.45) is 0. The van der Waals surface area contributed by atoms with E-state index in [0.717, 1.165) is 11.0 Å². The number of benzene rings is 2. The standard InChI is InChI=1S/C18H16F3N3O3/c1-10(25)22-12-4-3-5-13(8-12)24(11(2)26)9-16(27)23-15-7-6-14(19)17(20)18(15)21/h3-8H,9H2,1-2H3,(H,22,25)(H,23,27). The monoisotopic (exact) mass is 379 g/mol. The van der Waals surface area contributed by atoms with E-state index in [0.29, 0.717) is 17.4 Å². The molecule has 0 radical (unpaired) electrons. The van der Waals surface area contributed by atoms with Crippen LogP contribution in [0.15, 0.2) is 36.4 Å². The molecule has 6 nitrogen and oxygen atoms in total. The SMILES string of the molecule is CC(=O)Nc1cccc(N(CC(=O)Nc2ccc(F)c(F)c2F)C(C)=O)c1. The molecule has 0 saturated carbocycles. The molecule has 0 unspecified atom stereocenters. The van der Waals surface area contributed by atoms with Crippen LogP contribution in [-0.4, -0.2) is 24.3 Å². The number of carbonyl (C=O) groups excluding carboxylic acids is 3. The van der Waals surface area contributed by atoms with Crippen molar-refractivity contribution in [3.05, 3.63) is 53.8 Å². The van der Waals surface area contributed by atoms with Crippen LogP contribution < -0.4 is 15.5 Å². The van der Waals surface area contributed by atoms with Crippen molar-refractivity contribution in [3.8, 4) is 0 Å². The minimum atomic E-state index is -1.71.